The standard InChI is InChI=1S/C20H17NO4/c1-2-25-20(24)21-18(13-8-4-3-5-9-13)16-12-17(22)14-10-6-7-11-15(14)19(16)23/h3-12,18H,2H2,1H3,(H,21,24). The van der Waals surface area contributed by atoms with E-state index in [1.54, 1.807) is 55.5 Å². The number of amides is 1. The highest BCUT2D eigenvalue weighted by Gasteiger charge is 2.32. The number of ketones is 2. The Morgan fingerprint density at radius 3 is 2.32 bits per heavy atom. The molecule has 0 spiro atoms. The normalized spacial score (nSPS) is 14.4. The number of allylic oxidation sites excluding steroid dienone is 1. The SMILES string of the molecule is CCOC(=O)NC(C1=CC(=O)c2ccccc2C1=O)c1ccccc1. The van der Waals surface area contributed by atoms with E-state index in [2.05, 4.69) is 5.32 Å². The molecular formula is C20H17NO4. The maximum atomic E-state index is 12.9. The molecule has 1 aliphatic carbocycles. The van der Waals surface area contributed by atoms with Gasteiger partial charge in [-0.3, -0.25) is 9.59 Å². The zero-order valence-corrected chi connectivity index (χ0v) is 13.7. The average molecular weight is 335 g/mol. The van der Waals surface area contributed by atoms with Gasteiger partial charge in [-0.25, -0.2) is 4.79 Å². The number of carbonyl (C=O) groups is 3. The molecule has 1 amide bonds. The van der Waals surface area contributed by atoms with Gasteiger partial charge in [0.25, 0.3) is 0 Å². The lowest BCUT2D eigenvalue weighted by molar-refractivity contribution is 0.0975. The molecule has 0 heterocycles. The third-order valence-electron chi connectivity index (χ3n) is 3.97. The highest BCUT2D eigenvalue weighted by molar-refractivity contribution is 6.25. The van der Waals surface area contributed by atoms with Gasteiger partial charge in [0.05, 0.1) is 12.6 Å². The molecule has 1 N–H and O–H groups in total. The Hall–Kier alpha value is -3.21. The van der Waals surface area contributed by atoms with Crippen molar-refractivity contribution in [3.8, 4) is 0 Å². The maximum Gasteiger partial charge on any atom is 0.407 e. The summed E-state index contributed by atoms with van der Waals surface area (Å²) < 4.78 is 4.94. The summed E-state index contributed by atoms with van der Waals surface area (Å²) in [6.07, 6.45) is 0.658. The van der Waals surface area contributed by atoms with Crippen molar-refractivity contribution in [3.63, 3.8) is 0 Å². The number of nitrogens with one attached hydrogen (secondary N) is 1. The highest BCUT2D eigenvalue weighted by atomic mass is 16.5. The zero-order valence-electron chi connectivity index (χ0n) is 13.7. The van der Waals surface area contributed by atoms with Crippen molar-refractivity contribution in [1.82, 2.24) is 5.32 Å². The summed E-state index contributed by atoms with van der Waals surface area (Å²) in [7, 11) is 0. The van der Waals surface area contributed by atoms with Crippen LogP contribution in [0.15, 0.2) is 66.2 Å². The summed E-state index contributed by atoms with van der Waals surface area (Å²) >= 11 is 0. The second kappa shape index (κ2) is 7.13. The Kier molecular flexibility index (Phi) is 4.75. The Morgan fingerprint density at radius 1 is 1.00 bits per heavy atom. The summed E-state index contributed by atoms with van der Waals surface area (Å²) in [5.74, 6) is -0.530. The predicted octanol–water partition coefficient (Wildman–Crippen LogP) is 3.48. The number of benzene rings is 2. The van der Waals surface area contributed by atoms with Crippen LogP contribution in [0.5, 0.6) is 0 Å². The summed E-state index contributed by atoms with van der Waals surface area (Å²) in [5.41, 5.74) is 1.64. The third-order valence-corrected chi connectivity index (χ3v) is 3.97. The molecule has 1 unspecified atom stereocenters. The molecule has 0 aromatic heterocycles. The largest absolute Gasteiger partial charge is 0.450 e. The molecule has 5 nitrogen and oxygen atoms in total. The molecule has 0 aliphatic heterocycles. The van der Waals surface area contributed by atoms with Gasteiger partial charge in [0.1, 0.15) is 0 Å². The van der Waals surface area contributed by atoms with Gasteiger partial charge >= 0.3 is 6.09 Å². The van der Waals surface area contributed by atoms with E-state index in [0.717, 1.165) is 0 Å². The zero-order chi connectivity index (χ0) is 17.8. The second-order valence-electron chi connectivity index (χ2n) is 5.55. The molecule has 126 valence electrons. The van der Waals surface area contributed by atoms with Gasteiger partial charge < -0.3 is 10.1 Å². The van der Waals surface area contributed by atoms with E-state index in [1.807, 2.05) is 6.07 Å². The molecule has 1 atom stereocenters. The van der Waals surface area contributed by atoms with Crippen molar-refractivity contribution in [2.45, 2.75) is 13.0 Å². The molecule has 0 bridgehead atoms. The smallest absolute Gasteiger partial charge is 0.407 e. The van der Waals surface area contributed by atoms with Crippen LogP contribution >= 0.6 is 0 Å². The first-order valence-electron chi connectivity index (χ1n) is 7.99. The van der Waals surface area contributed by atoms with E-state index in [-0.39, 0.29) is 23.7 Å². The van der Waals surface area contributed by atoms with Crippen LogP contribution in [-0.4, -0.2) is 24.3 Å². The molecule has 0 radical (unpaired) electrons. The number of alkyl carbamates (subject to hydrolysis) is 1. The minimum Gasteiger partial charge on any atom is -0.450 e. The molecule has 0 fully saturated rings. The fourth-order valence-corrected chi connectivity index (χ4v) is 2.83. The van der Waals surface area contributed by atoms with Gasteiger partial charge in [0, 0.05) is 16.7 Å². The first-order chi connectivity index (χ1) is 12.1. The van der Waals surface area contributed by atoms with Crippen LogP contribution in [-0.2, 0) is 4.74 Å². The highest BCUT2D eigenvalue weighted by Crippen LogP contribution is 2.30. The van der Waals surface area contributed by atoms with Crippen LogP contribution < -0.4 is 5.32 Å². The van der Waals surface area contributed by atoms with Gasteiger partial charge in [-0.2, -0.15) is 0 Å². The molecule has 1 aliphatic rings. The average Bonchev–Trinajstić information content (AvgIpc) is 2.64. The summed E-state index contributed by atoms with van der Waals surface area (Å²) in [5, 5.41) is 2.68. The van der Waals surface area contributed by atoms with Gasteiger partial charge in [-0.05, 0) is 18.6 Å². The summed E-state index contributed by atoms with van der Waals surface area (Å²) in [4.78, 5) is 37.3. The lowest BCUT2D eigenvalue weighted by Crippen LogP contribution is -2.34. The number of ether oxygens (including phenoxy) is 1. The molecular weight excluding hydrogens is 318 g/mol. The van der Waals surface area contributed by atoms with Gasteiger partial charge in [-0.1, -0.05) is 54.6 Å². The van der Waals surface area contributed by atoms with Crippen LogP contribution in [0.1, 0.15) is 39.2 Å². The van der Waals surface area contributed by atoms with E-state index in [9.17, 15) is 14.4 Å². The van der Waals surface area contributed by atoms with Crippen molar-refractivity contribution in [3.05, 3.63) is 82.9 Å². The molecule has 3 rings (SSSR count). The Balaban J connectivity index is 2.03. The third kappa shape index (κ3) is 3.35. The number of carbonyl (C=O) groups excluding carboxylic acids is 3. The fourth-order valence-electron chi connectivity index (χ4n) is 2.83. The minimum absolute atomic E-state index is 0.210. The number of rotatable bonds is 4. The molecule has 0 saturated heterocycles. The lowest BCUT2D eigenvalue weighted by Gasteiger charge is -2.24. The van der Waals surface area contributed by atoms with Gasteiger partial charge in [0.2, 0.25) is 0 Å². The van der Waals surface area contributed by atoms with Gasteiger partial charge in [0.15, 0.2) is 11.6 Å². The van der Waals surface area contributed by atoms with E-state index in [0.29, 0.717) is 16.7 Å². The minimum atomic E-state index is -0.759. The van der Waals surface area contributed by atoms with Crippen molar-refractivity contribution in [2.24, 2.45) is 0 Å². The summed E-state index contributed by atoms with van der Waals surface area (Å²) in [6.45, 7) is 1.91. The molecule has 2 aromatic rings. The number of hydrogen-bond acceptors (Lipinski definition) is 4. The van der Waals surface area contributed by atoms with Crippen LogP contribution in [0, 0.1) is 0 Å². The maximum absolute atomic E-state index is 12.9. The number of Topliss-reactive ketones (excluding diaryl/α,β-unsaturated/α-hetero) is 1. The van der Waals surface area contributed by atoms with E-state index in [1.165, 1.54) is 6.08 Å². The van der Waals surface area contributed by atoms with Crippen molar-refractivity contribution < 1.29 is 19.1 Å². The van der Waals surface area contributed by atoms with Crippen molar-refractivity contribution in [2.75, 3.05) is 6.61 Å². The van der Waals surface area contributed by atoms with Crippen molar-refractivity contribution >= 4 is 17.7 Å². The fraction of sp³-hybridized carbons (Fsp3) is 0.150. The molecule has 25 heavy (non-hydrogen) atoms. The lowest BCUT2D eigenvalue weighted by atomic mass is 9.84. The van der Waals surface area contributed by atoms with Crippen LogP contribution in [0.2, 0.25) is 0 Å². The van der Waals surface area contributed by atoms with Crippen LogP contribution in [0.3, 0.4) is 0 Å². The number of hydrogen-bond donors (Lipinski definition) is 1. The second-order valence-corrected chi connectivity index (χ2v) is 5.55. The first-order valence-corrected chi connectivity index (χ1v) is 7.99. The quantitative estimate of drug-likeness (QED) is 0.928. The molecule has 5 heteroatoms. The number of fused-ring (bicyclic) bond motifs is 1. The predicted molar refractivity (Wildman–Crippen MR) is 92.5 cm³/mol. The van der Waals surface area contributed by atoms with Crippen LogP contribution in [0.25, 0.3) is 0 Å². The van der Waals surface area contributed by atoms with E-state index in [4.69, 9.17) is 4.74 Å². The van der Waals surface area contributed by atoms with E-state index < -0.39 is 12.1 Å². The Bertz CT molecular complexity index is 855. The Morgan fingerprint density at radius 2 is 1.64 bits per heavy atom. The molecule has 0 saturated carbocycles. The molecule has 2 aromatic carbocycles. The van der Waals surface area contributed by atoms with Gasteiger partial charge in [-0.15, -0.1) is 0 Å². The monoisotopic (exact) mass is 335 g/mol. The van der Waals surface area contributed by atoms with Crippen molar-refractivity contribution in [1.29, 1.82) is 0 Å². The van der Waals surface area contributed by atoms with Crippen LogP contribution in [0.4, 0.5) is 4.79 Å². The topological polar surface area (TPSA) is 72.5 Å². The Labute approximate surface area is 145 Å². The summed E-state index contributed by atoms with van der Waals surface area (Å²) in [6, 6.07) is 14.9. The first kappa shape index (κ1) is 16.6. The van der Waals surface area contributed by atoms with E-state index >= 15 is 0 Å².